The SMILES string of the molecule is CN(C)C(=O)CN(C)C(=O)N1CCC[C@H](C(=O)O)C1. The molecule has 19 heavy (non-hydrogen) atoms. The fraction of sp³-hybridized carbons (Fsp3) is 0.750. The van der Waals surface area contributed by atoms with Crippen molar-refractivity contribution in [1.82, 2.24) is 14.7 Å². The molecule has 0 unspecified atom stereocenters. The molecule has 1 N–H and O–H groups in total. The van der Waals surface area contributed by atoms with E-state index < -0.39 is 11.9 Å². The minimum absolute atomic E-state index is 0.0000709. The van der Waals surface area contributed by atoms with Gasteiger partial charge in [0.25, 0.3) is 0 Å². The van der Waals surface area contributed by atoms with E-state index in [0.717, 1.165) is 0 Å². The molecular weight excluding hydrogens is 250 g/mol. The van der Waals surface area contributed by atoms with Crippen molar-refractivity contribution in [3.8, 4) is 0 Å². The molecule has 3 amide bonds. The number of urea groups is 1. The molecule has 0 spiro atoms. The van der Waals surface area contributed by atoms with Gasteiger partial charge >= 0.3 is 12.0 Å². The van der Waals surface area contributed by atoms with Gasteiger partial charge in [0.1, 0.15) is 6.54 Å². The zero-order valence-corrected chi connectivity index (χ0v) is 11.6. The highest BCUT2D eigenvalue weighted by Gasteiger charge is 2.30. The van der Waals surface area contributed by atoms with Crippen LogP contribution in [0.3, 0.4) is 0 Å². The molecule has 0 saturated carbocycles. The lowest BCUT2D eigenvalue weighted by atomic mass is 9.99. The van der Waals surface area contributed by atoms with E-state index in [1.165, 1.54) is 14.7 Å². The van der Waals surface area contributed by atoms with Crippen molar-refractivity contribution >= 4 is 17.9 Å². The zero-order chi connectivity index (χ0) is 14.6. The summed E-state index contributed by atoms with van der Waals surface area (Å²) in [5.74, 6) is -1.54. The molecule has 1 fully saturated rings. The minimum atomic E-state index is -0.871. The number of carbonyl (C=O) groups is 3. The number of nitrogens with zero attached hydrogens (tertiary/aromatic N) is 3. The first-order valence-electron chi connectivity index (χ1n) is 6.26. The Morgan fingerprint density at radius 2 is 1.89 bits per heavy atom. The van der Waals surface area contributed by atoms with Crippen LogP contribution in [0, 0.1) is 5.92 Å². The van der Waals surface area contributed by atoms with Gasteiger partial charge in [-0.3, -0.25) is 9.59 Å². The molecule has 1 saturated heterocycles. The molecule has 1 heterocycles. The molecule has 1 aliphatic rings. The second kappa shape index (κ2) is 6.40. The molecule has 0 aromatic carbocycles. The molecule has 1 rings (SSSR count). The van der Waals surface area contributed by atoms with Gasteiger partial charge < -0.3 is 19.8 Å². The molecule has 1 aliphatic heterocycles. The number of aliphatic carboxylic acids is 1. The summed E-state index contributed by atoms with van der Waals surface area (Å²) in [4.78, 5) is 38.8. The number of carboxylic acid groups (broad SMARTS) is 1. The van der Waals surface area contributed by atoms with E-state index in [-0.39, 0.29) is 25.0 Å². The second-order valence-electron chi connectivity index (χ2n) is 5.05. The summed E-state index contributed by atoms with van der Waals surface area (Å²) >= 11 is 0. The maximum atomic E-state index is 12.1. The highest BCUT2D eigenvalue weighted by molar-refractivity contribution is 5.84. The van der Waals surface area contributed by atoms with Crippen LogP contribution in [0.15, 0.2) is 0 Å². The van der Waals surface area contributed by atoms with E-state index in [1.54, 1.807) is 21.1 Å². The van der Waals surface area contributed by atoms with Crippen LogP contribution in [0.5, 0.6) is 0 Å². The average molecular weight is 271 g/mol. The average Bonchev–Trinajstić information content (AvgIpc) is 2.37. The van der Waals surface area contributed by atoms with Crippen LogP contribution >= 0.6 is 0 Å². The Morgan fingerprint density at radius 3 is 2.42 bits per heavy atom. The first-order valence-corrected chi connectivity index (χ1v) is 6.26. The van der Waals surface area contributed by atoms with E-state index in [4.69, 9.17) is 5.11 Å². The number of carbonyl (C=O) groups excluding carboxylic acids is 2. The number of likely N-dealkylation sites (tertiary alicyclic amines) is 1. The topological polar surface area (TPSA) is 81.2 Å². The van der Waals surface area contributed by atoms with E-state index in [1.807, 2.05) is 0 Å². The van der Waals surface area contributed by atoms with Crippen molar-refractivity contribution in [3.63, 3.8) is 0 Å². The third-order valence-corrected chi connectivity index (χ3v) is 3.24. The van der Waals surface area contributed by atoms with Crippen molar-refractivity contribution in [2.75, 3.05) is 40.8 Å². The molecule has 7 nitrogen and oxygen atoms in total. The maximum Gasteiger partial charge on any atom is 0.320 e. The number of hydrogen-bond acceptors (Lipinski definition) is 3. The fourth-order valence-corrected chi connectivity index (χ4v) is 2.01. The summed E-state index contributed by atoms with van der Waals surface area (Å²) in [6.45, 7) is 0.762. The minimum Gasteiger partial charge on any atom is -0.481 e. The zero-order valence-electron chi connectivity index (χ0n) is 11.6. The number of likely N-dealkylation sites (N-methyl/N-ethyl adjacent to an activating group) is 2. The van der Waals surface area contributed by atoms with E-state index in [9.17, 15) is 14.4 Å². The smallest absolute Gasteiger partial charge is 0.320 e. The second-order valence-corrected chi connectivity index (χ2v) is 5.05. The van der Waals surface area contributed by atoms with Crippen LogP contribution in [0.25, 0.3) is 0 Å². The third-order valence-electron chi connectivity index (χ3n) is 3.24. The lowest BCUT2D eigenvalue weighted by Crippen LogP contribution is -2.49. The lowest BCUT2D eigenvalue weighted by Gasteiger charge is -2.33. The number of hydrogen-bond donors (Lipinski definition) is 1. The van der Waals surface area contributed by atoms with Gasteiger partial charge in [-0.1, -0.05) is 0 Å². The standard InChI is InChI=1S/C12H21N3O4/c1-13(2)10(16)8-14(3)12(19)15-6-4-5-9(7-15)11(17)18/h9H,4-8H2,1-3H3,(H,17,18)/t9-/m0/s1. The van der Waals surface area contributed by atoms with E-state index in [0.29, 0.717) is 19.4 Å². The highest BCUT2D eigenvalue weighted by atomic mass is 16.4. The highest BCUT2D eigenvalue weighted by Crippen LogP contribution is 2.17. The summed E-state index contributed by atoms with van der Waals surface area (Å²) in [7, 11) is 4.80. The molecule has 1 atom stereocenters. The van der Waals surface area contributed by atoms with Crippen LogP contribution in [0.1, 0.15) is 12.8 Å². The van der Waals surface area contributed by atoms with Gasteiger partial charge in [0.05, 0.1) is 5.92 Å². The van der Waals surface area contributed by atoms with Crippen LogP contribution in [0.2, 0.25) is 0 Å². The summed E-state index contributed by atoms with van der Waals surface area (Å²) < 4.78 is 0. The predicted molar refractivity (Wildman–Crippen MR) is 68.7 cm³/mol. The molecular formula is C12H21N3O4. The largest absolute Gasteiger partial charge is 0.481 e. The third kappa shape index (κ3) is 4.11. The van der Waals surface area contributed by atoms with Gasteiger partial charge in [0.15, 0.2) is 0 Å². The van der Waals surface area contributed by atoms with Gasteiger partial charge in [-0.25, -0.2) is 4.79 Å². The molecule has 0 radical (unpaired) electrons. The number of carboxylic acids is 1. The predicted octanol–water partition coefficient (Wildman–Crippen LogP) is -0.0770. The van der Waals surface area contributed by atoms with Gasteiger partial charge in [-0.2, -0.15) is 0 Å². The van der Waals surface area contributed by atoms with Crippen LogP contribution < -0.4 is 0 Å². The number of rotatable bonds is 3. The Hall–Kier alpha value is -1.79. The van der Waals surface area contributed by atoms with Crippen LogP contribution in [0.4, 0.5) is 4.79 Å². The Morgan fingerprint density at radius 1 is 1.26 bits per heavy atom. The van der Waals surface area contributed by atoms with Gasteiger partial charge in [0, 0.05) is 34.2 Å². The Bertz CT molecular complexity index is 370. The quantitative estimate of drug-likeness (QED) is 0.778. The van der Waals surface area contributed by atoms with Crippen molar-refractivity contribution in [2.45, 2.75) is 12.8 Å². The summed E-state index contributed by atoms with van der Waals surface area (Å²) in [5.41, 5.74) is 0. The summed E-state index contributed by atoms with van der Waals surface area (Å²) in [6.07, 6.45) is 1.28. The normalized spacial score (nSPS) is 18.9. The lowest BCUT2D eigenvalue weighted by molar-refractivity contribution is -0.143. The molecule has 0 aromatic rings. The maximum absolute atomic E-state index is 12.1. The van der Waals surface area contributed by atoms with Crippen LogP contribution in [-0.4, -0.2) is 78.5 Å². The van der Waals surface area contributed by atoms with Gasteiger partial charge in [-0.15, -0.1) is 0 Å². The van der Waals surface area contributed by atoms with Gasteiger partial charge in [-0.05, 0) is 12.8 Å². The Balaban J connectivity index is 2.56. The van der Waals surface area contributed by atoms with Gasteiger partial charge in [0.2, 0.25) is 5.91 Å². The Labute approximate surface area is 112 Å². The molecule has 7 heteroatoms. The Kier molecular flexibility index (Phi) is 5.14. The van der Waals surface area contributed by atoms with Crippen molar-refractivity contribution in [1.29, 1.82) is 0 Å². The van der Waals surface area contributed by atoms with Crippen molar-refractivity contribution in [3.05, 3.63) is 0 Å². The molecule has 0 aromatic heterocycles. The molecule has 0 aliphatic carbocycles. The molecule has 0 bridgehead atoms. The number of piperidine rings is 1. The summed E-state index contributed by atoms with van der Waals surface area (Å²) in [5, 5.41) is 8.98. The number of amides is 3. The van der Waals surface area contributed by atoms with E-state index >= 15 is 0 Å². The first kappa shape index (κ1) is 15.3. The van der Waals surface area contributed by atoms with Crippen molar-refractivity contribution in [2.24, 2.45) is 5.92 Å². The summed E-state index contributed by atoms with van der Waals surface area (Å²) in [6, 6.07) is -0.291. The molecule has 108 valence electrons. The monoisotopic (exact) mass is 271 g/mol. The fourth-order valence-electron chi connectivity index (χ4n) is 2.01. The first-order chi connectivity index (χ1) is 8.82. The van der Waals surface area contributed by atoms with Crippen molar-refractivity contribution < 1.29 is 19.5 Å². The van der Waals surface area contributed by atoms with E-state index in [2.05, 4.69) is 0 Å². The van der Waals surface area contributed by atoms with Crippen LogP contribution in [-0.2, 0) is 9.59 Å².